The predicted molar refractivity (Wildman–Crippen MR) is 43.0 cm³/mol. The summed E-state index contributed by atoms with van der Waals surface area (Å²) in [6, 6.07) is 0. The number of hydrogen-bond donors (Lipinski definition) is 1. The fourth-order valence-corrected chi connectivity index (χ4v) is 2.51. The molecule has 0 radical (unpaired) electrons. The zero-order valence-electron chi connectivity index (χ0n) is 5.94. The lowest BCUT2D eigenvalue weighted by Crippen LogP contribution is -2.22. The van der Waals surface area contributed by atoms with Crippen LogP contribution < -0.4 is 4.72 Å². The van der Waals surface area contributed by atoms with E-state index in [2.05, 4.69) is 9.71 Å². The van der Waals surface area contributed by atoms with Crippen molar-refractivity contribution in [1.82, 2.24) is 9.71 Å². The van der Waals surface area contributed by atoms with Gasteiger partial charge in [-0.15, -0.1) is 11.3 Å². The van der Waals surface area contributed by atoms with Crippen LogP contribution in [-0.2, 0) is 10.0 Å². The molecule has 6 heteroatoms. The third-order valence-electron chi connectivity index (χ3n) is 0.974. The van der Waals surface area contributed by atoms with Crippen LogP contribution in [0.1, 0.15) is 6.92 Å². The molecule has 1 rings (SSSR count). The average molecular weight is 192 g/mol. The Bertz CT molecular complexity index is 303. The number of rotatable bonds is 3. The highest BCUT2D eigenvalue weighted by atomic mass is 32.2. The van der Waals surface area contributed by atoms with E-state index in [1.54, 1.807) is 12.3 Å². The van der Waals surface area contributed by atoms with E-state index in [-0.39, 0.29) is 4.34 Å². The quantitative estimate of drug-likeness (QED) is 0.756. The normalized spacial score (nSPS) is 11.7. The molecule has 0 aromatic carbocycles. The molecule has 1 N–H and O–H groups in total. The van der Waals surface area contributed by atoms with Gasteiger partial charge in [0, 0.05) is 18.1 Å². The molecule has 0 aliphatic heterocycles. The standard InChI is InChI=1S/C5H8N2O2S2/c1-2-7-11(8,9)5-6-3-4-10-5/h3-4,7H,2H2,1H3. The smallest absolute Gasteiger partial charge is 0.233 e. The molecule has 62 valence electrons. The van der Waals surface area contributed by atoms with Gasteiger partial charge in [-0.2, -0.15) is 0 Å². The molecule has 0 aliphatic rings. The Morgan fingerprint density at radius 3 is 2.91 bits per heavy atom. The molecule has 0 spiro atoms. The van der Waals surface area contributed by atoms with Crippen molar-refractivity contribution in [2.45, 2.75) is 11.3 Å². The van der Waals surface area contributed by atoms with E-state index in [4.69, 9.17) is 0 Å². The summed E-state index contributed by atoms with van der Waals surface area (Å²) in [5, 5.41) is 1.63. The molecule has 0 aliphatic carbocycles. The van der Waals surface area contributed by atoms with Crippen LogP contribution in [0.2, 0.25) is 0 Å². The third-order valence-corrected chi connectivity index (χ3v) is 3.72. The lowest BCUT2D eigenvalue weighted by Gasteiger charge is -1.97. The summed E-state index contributed by atoms with van der Waals surface area (Å²) < 4.78 is 24.7. The van der Waals surface area contributed by atoms with Crippen molar-refractivity contribution in [3.8, 4) is 0 Å². The van der Waals surface area contributed by atoms with Gasteiger partial charge in [0.1, 0.15) is 0 Å². The van der Waals surface area contributed by atoms with Crippen molar-refractivity contribution >= 4 is 21.4 Å². The molecule has 0 saturated carbocycles. The number of hydrogen-bond acceptors (Lipinski definition) is 4. The first-order valence-electron chi connectivity index (χ1n) is 3.06. The molecular formula is C5H8N2O2S2. The maximum absolute atomic E-state index is 11.1. The van der Waals surface area contributed by atoms with Gasteiger partial charge in [0.15, 0.2) is 0 Å². The fraction of sp³-hybridized carbons (Fsp3) is 0.400. The number of aromatic nitrogens is 1. The second kappa shape index (κ2) is 3.29. The van der Waals surface area contributed by atoms with Crippen LogP contribution in [0.4, 0.5) is 0 Å². The Morgan fingerprint density at radius 1 is 1.73 bits per heavy atom. The van der Waals surface area contributed by atoms with Crippen LogP contribution in [0.25, 0.3) is 0 Å². The van der Waals surface area contributed by atoms with Gasteiger partial charge in [0.2, 0.25) is 4.34 Å². The highest BCUT2D eigenvalue weighted by Crippen LogP contribution is 2.10. The van der Waals surface area contributed by atoms with Crippen molar-refractivity contribution < 1.29 is 8.42 Å². The maximum Gasteiger partial charge on any atom is 0.267 e. The minimum atomic E-state index is -3.31. The van der Waals surface area contributed by atoms with Crippen molar-refractivity contribution in [3.63, 3.8) is 0 Å². The van der Waals surface area contributed by atoms with E-state index in [0.29, 0.717) is 6.54 Å². The molecule has 0 atom stereocenters. The van der Waals surface area contributed by atoms with Crippen LogP contribution in [0.5, 0.6) is 0 Å². The minimum absolute atomic E-state index is 0.124. The zero-order valence-corrected chi connectivity index (χ0v) is 7.58. The summed E-state index contributed by atoms with van der Waals surface area (Å²) in [6.07, 6.45) is 1.47. The highest BCUT2D eigenvalue weighted by molar-refractivity contribution is 7.91. The molecule has 0 amide bonds. The molecule has 0 saturated heterocycles. The van der Waals surface area contributed by atoms with Gasteiger partial charge >= 0.3 is 0 Å². The fourth-order valence-electron chi connectivity index (χ4n) is 0.595. The lowest BCUT2D eigenvalue weighted by atomic mass is 10.8. The summed E-state index contributed by atoms with van der Waals surface area (Å²) in [6.45, 7) is 2.12. The summed E-state index contributed by atoms with van der Waals surface area (Å²) in [5.74, 6) is 0. The SMILES string of the molecule is CCNS(=O)(=O)c1nccs1. The summed E-state index contributed by atoms with van der Waals surface area (Å²) in [7, 11) is -3.31. The third kappa shape index (κ3) is 1.98. The minimum Gasteiger partial charge on any atom is -0.233 e. The molecule has 1 aromatic rings. The largest absolute Gasteiger partial charge is 0.267 e. The zero-order chi connectivity index (χ0) is 8.32. The first-order valence-corrected chi connectivity index (χ1v) is 5.42. The molecule has 0 bridgehead atoms. The van der Waals surface area contributed by atoms with Crippen molar-refractivity contribution in [2.75, 3.05) is 6.54 Å². The van der Waals surface area contributed by atoms with Crippen molar-refractivity contribution in [1.29, 1.82) is 0 Å². The van der Waals surface area contributed by atoms with Gasteiger partial charge in [0.25, 0.3) is 10.0 Å². The van der Waals surface area contributed by atoms with E-state index in [0.717, 1.165) is 11.3 Å². The number of nitrogens with zero attached hydrogens (tertiary/aromatic N) is 1. The van der Waals surface area contributed by atoms with Gasteiger partial charge in [-0.05, 0) is 0 Å². The first kappa shape index (κ1) is 8.63. The van der Waals surface area contributed by atoms with E-state index in [1.165, 1.54) is 6.20 Å². The number of thiazole rings is 1. The summed E-state index contributed by atoms with van der Waals surface area (Å²) >= 11 is 1.11. The summed E-state index contributed by atoms with van der Waals surface area (Å²) in [4.78, 5) is 3.67. The van der Waals surface area contributed by atoms with Crippen molar-refractivity contribution in [3.05, 3.63) is 11.6 Å². The Hall–Kier alpha value is -0.460. The Kier molecular flexibility index (Phi) is 2.58. The molecule has 4 nitrogen and oxygen atoms in total. The molecule has 0 unspecified atom stereocenters. The second-order valence-corrected chi connectivity index (χ2v) is 4.63. The average Bonchev–Trinajstić information content (AvgIpc) is 2.37. The summed E-state index contributed by atoms with van der Waals surface area (Å²) in [5.41, 5.74) is 0. The number of nitrogens with one attached hydrogen (secondary N) is 1. The first-order chi connectivity index (χ1) is 5.17. The molecule has 1 heterocycles. The second-order valence-electron chi connectivity index (χ2n) is 1.80. The topological polar surface area (TPSA) is 59.1 Å². The van der Waals surface area contributed by atoms with Crippen LogP contribution >= 0.6 is 11.3 Å². The monoisotopic (exact) mass is 192 g/mol. The van der Waals surface area contributed by atoms with Gasteiger partial charge < -0.3 is 0 Å². The van der Waals surface area contributed by atoms with Gasteiger partial charge in [-0.25, -0.2) is 18.1 Å². The van der Waals surface area contributed by atoms with Gasteiger partial charge in [0.05, 0.1) is 0 Å². The van der Waals surface area contributed by atoms with Crippen LogP contribution in [-0.4, -0.2) is 19.9 Å². The van der Waals surface area contributed by atoms with Crippen LogP contribution in [0.15, 0.2) is 15.9 Å². The Balaban J connectivity index is 2.92. The Morgan fingerprint density at radius 2 is 2.45 bits per heavy atom. The predicted octanol–water partition coefficient (Wildman–Crippen LogP) is 0.441. The van der Waals surface area contributed by atoms with Gasteiger partial charge in [-0.1, -0.05) is 6.92 Å². The lowest BCUT2D eigenvalue weighted by molar-refractivity contribution is 0.583. The molecule has 1 aromatic heterocycles. The number of sulfonamides is 1. The molecule has 11 heavy (non-hydrogen) atoms. The van der Waals surface area contributed by atoms with Crippen molar-refractivity contribution in [2.24, 2.45) is 0 Å². The van der Waals surface area contributed by atoms with E-state index in [9.17, 15) is 8.42 Å². The van der Waals surface area contributed by atoms with E-state index in [1.807, 2.05) is 0 Å². The highest BCUT2D eigenvalue weighted by Gasteiger charge is 2.14. The maximum atomic E-state index is 11.1. The van der Waals surface area contributed by atoms with Crippen LogP contribution in [0, 0.1) is 0 Å². The van der Waals surface area contributed by atoms with Gasteiger partial charge in [-0.3, -0.25) is 0 Å². The van der Waals surface area contributed by atoms with E-state index >= 15 is 0 Å². The molecule has 0 fully saturated rings. The van der Waals surface area contributed by atoms with Crippen LogP contribution in [0.3, 0.4) is 0 Å². The Labute approximate surface area is 69.3 Å². The molecular weight excluding hydrogens is 184 g/mol. The van der Waals surface area contributed by atoms with E-state index < -0.39 is 10.0 Å².